The lowest BCUT2D eigenvalue weighted by molar-refractivity contribution is -0.116. The van der Waals surface area contributed by atoms with E-state index in [0.29, 0.717) is 11.4 Å². The van der Waals surface area contributed by atoms with Gasteiger partial charge in [-0.3, -0.25) is 9.59 Å². The average Bonchev–Trinajstić information content (AvgIpc) is 3.02. The number of aromatic nitrogens is 3. The highest BCUT2D eigenvalue weighted by Crippen LogP contribution is 2.15. The molecule has 2 amide bonds. The van der Waals surface area contributed by atoms with E-state index in [1.807, 2.05) is 49.4 Å². The van der Waals surface area contributed by atoms with Gasteiger partial charge in [0.25, 0.3) is 5.91 Å². The monoisotopic (exact) mass is 378 g/mol. The third-order valence-electron chi connectivity index (χ3n) is 4.20. The number of hydrogen-bond acceptors (Lipinski definition) is 5. The Bertz CT molecular complexity index is 994. The quantitative estimate of drug-likeness (QED) is 0.610. The molecule has 144 valence electrons. The number of hydrogen-bond donors (Lipinski definition) is 3. The smallest absolute Gasteiger partial charge is 0.280 e. The molecule has 1 aromatic heterocycles. The van der Waals surface area contributed by atoms with Crippen LogP contribution >= 0.6 is 0 Å². The molecule has 0 aliphatic carbocycles. The number of rotatable bonds is 6. The number of aryl methyl sites for hydroxylation is 2. The fraction of sp³-hybridized carbons (Fsp3) is 0.200. The van der Waals surface area contributed by atoms with E-state index >= 15 is 0 Å². The molecule has 3 aromatic rings. The van der Waals surface area contributed by atoms with Gasteiger partial charge < -0.3 is 16.4 Å². The Balaban J connectivity index is 1.65. The Morgan fingerprint density at radius 1 is 1.07 bits per heavy atom. The molecule has 0 fully saturated rings. The van der Waals surface area contributed by atoms with Crippen LogP contribution in [-0.2, 0) is 17.8 Å². The van der Waals surface area contributed by atoms with Crippen LogP contribution in [0.25, 0.3) is 0 Å². The van der Waals surface area contributed by atoms with Gasteiger partial charge in [-0.25, -0.2) is 4.68 Å². The third-order valence-corrected chi connectivity index (χ3v) is 4.20. The van der Waals surface area contributed by atoms with E-state index in [-0.39, 0.29) is 24.0 Å². The van der Waals surface area contributed by atoms with Crippen molar-refractivity contribution >= 4 is 29.0 Å². The van der Waals surface area contributed by atoms with Gasteiger partial charge in [-0.1, -0.05) is 36.4 Å². The van der Waals surface area contributed by atoms with Crippen LogP contribution < -0.4 is 16.4 Å². The van der Waals surface area contributed by atoms with Crippen LogP contribution in [0.4, 0.5) is 17.2 Å². The molecule has 8 heteroatoms. The Labute approximate surface area is 162 Å². The van der Waals surface area contributed by atoms with Gasteiger partial charge in [0, 0.05) is 11.4 Å². The number of carbonyl (C=O) groups excluding carboxylic acids is 2. The normalized spacial score (nSPS) is 10.5. The zero-order chi connectivity index (χ0) is 20.1. The predicted octanol–water partition coefficient (Wildman–Crippen LogP) is 2.62. The zero-order valence-corrected chi connectivity index (χ0v) is 15.8. The zero-order valence-electron chi connectivity index (χ0n) is 15.8. The maximum absolute atomic E-state index is 12.4. The first-order valence-electron chi connectivity index (χ1n) is 8.92. The van der Waals surface area contributed by atoms with E-state index in [9.17, 15) is 9.59 Å². The van der Waals surface area contributed by atoms with Crippen LogP contribution in [0.2, 0.25) is 0 Å². The summed E-state index contributed by atoms with van der Waals surface area (Å²) in [7, 11) is 0. The number of amides is 2. The minimum atomic E-state index is -0.480. The first-order valence-corrected chi connectivity index (χ1v) is 8.92. The molecule has 0 bridgehead atoms. The minimum Gasteiger partial charge on any atom is -0.382 e. The van der Waals surface area contributed by atoms with Crippen molar-refractivity contribution in [2.75, 3.05) is 16.4 Å². The molecule has 0 saturated heterocycles. The number of benzene rings is 2. The second kappa shape index (κ2) is 8.34. The Hall–Kier alpha value is -3.68. The maximum atomic E-state index is 12.4. The van der Waals surface area contributed by atoms with Crippen LogP contribution in [0.1, 0.15) is 28.5 Å². The summed E-state index contributed by atoms with van der Waals surface area (Å²) in [5, 5.41) is 13.1. The molecule has 0 spiro atoms. The van der Waals surface area contributed by atoms with Gasteiger partial charge in [-0.05, 0) is 48.7 Å². The van der Waals surface area contributed by atoms with Crippen LogP contribution in [0.5, 0.6) is 0 Å². The van der Waals surface area contributed by atoms with Gasteiger partial charge in [0.2, 0.25) is 5.91 Å². The number of nitrogens with one attached hydrogen (secondary N) is 2. The number of carbonyl (C=O) groups is 2. The van der Waals surface area contributed by atoms with E-state index in [1.54, 1.807) is 6.07 Å². The lowest BCUT2D eigenvalue weighted by Gasteiger charge is -2.07. The van der Waals surface area contributed by atoms with Crippen LogP contribution in [0, 0.1) is 6.92 Å². The van der Waals surface area contributed by atoms with Gasteiger partial charge in [-0.15, -0.1) is 5.10 Å². The van der Waals surface area contributed by atoms with Crippen molar-refractivity contribution < 1.29 is 9.59 Å². The topological polar surface area (TPSA) is 115 Å². The molecule has 0 aliphatic heterocycles. The van der Waals surface area contributed by atoms with Crippen LogP contribution in [-0.4, -0.2) is 26.8 Å². The summed E-state index contributed by atoms with van der Waals surface area (Å²) in [5.41, 5.74) is 9.45. The molecule has 0 unspecified atom stereocenters. The minimum absolute atomic E-state index is 0.0251. The second-order valence-corrected chi connectivity index (χ2v) is 6.40. The van der Waals surface area contributed by atoms with E-state index < -0.39 is 5.91 Å². The standard InChI is InChI=1S/C20H22N6O2/c1-3-14-7-9-15(10-8-14)23-20(28)18-19(21)26(25-24-18)12-17(27)22-16-6-4-5-13(2)11-16/h4-11H,3,12,21H2,1-2H3,(H,22,27)(H,23,28). The van der Waals surface area contributed by atoms with Crippen LogP contribution in [0.15, 0.2) is 48.5 Å². The summed E-state index contributed by atoms with van der Waals surface area (Å²) in [6.45, 7) is 3.85. The number of nitrogens with zero attached hydrogens (tertiary/aromatic N) is 3. The van der Waals surface area contributed by atoms with Crippen molar-refractivity contribution in [3.05, 3.63) is 65.4 Å². The largest absolute Gasteiger partial charge is 0.382 e. The summed E-state index contributed by atoms with van der Waals surface area (Å²) >= 11 is 0. The molecular weight excluding hydrogens is 356 g/mol. The van der Waals surface area contributed by atoms with Gasteiger partial charge in [-0.2, -0.15) is 0 Å². The molecule has 0 aliphatic rings. The maximum Gasteiger partial charge on any atom is 0.280 e. The Kier molecular flexibility index (Phi) is 5.69. The van der Waals surface area contributed by atoms with E-state index in [1.165, 1.54) is 10.2 Å². The average molecular weight is 378 g/mol. The van der Waals surface area contributed by atoms with Crippen molar-refractivity contribution in [1.29, 1.82) is 0 Å². The first-order chi connectivity index (χ1) is 13.5. The molecule has 0 saturated carbocycles. The van der Waals surface area contributed by atoms with E-state index in [4.69, 9.17) is 5.73 Å². The molecule has 4 N–H and O–H groups in total. The van der Waals surface area contributed by atoms with Crippen molar-refractivity contribution in [3.8, 4) is 0 Å². The number of anilines is 3. The molecule has 1 heterocycles. The lowest BCUT2D eigenvalue weighted by Crippen LogP contribution is -2.21. The van der Waals surface area contributed by atoms with Crippen molar-refractivity contribution in [3.63, 3.8) is 0 Å². The number of nitrogen functional groups attached to an aromatic ring is 1. The Morgan fingerprint density at radius 2 is 1.82 bits per heavy atom. The highest BCUT2D eigenvalue weighted by atomic mass is 16.2. The third kappa shape index (κ3) is 4.53. The second-order valence-electron chi connectivity index (χ2n) is 6.40. The van der Waals surface area contributed by atoms with Gasteiger partial charge in [0.05, 0.1) is 0 Å². The van der Waals surface area contributed by atoms with E-state index in [0.717, 1.165) is 12.0 Å². The van der Waals surface area contributed by atoms with Gasteiger partial charge in [0.1, 0.15) is 6.54 Å². The molecule has 8 nitrogen and oxygen atoms in total. The van der Waals surface area contributed by atoms with Crippen LogP contribution in [0.3, 0.4) is 0 Å². The highest BCUT2D eigenvalue weighted by Gasteiger charge is 2.19. The molecule has 28 heavy (non-hydrogen) atoms. The first kappa shape index (κ1) is 19.1. The molecule has 0 radical (unpaired) electrons. The number of nitrogens with two attached hydrogens (primary N) is 1. The molecule has 2 aromatic carbocycles. The molecular formula is C20H22N6O2. The lowest BCUT2D eigenvalue weighted by atomic mass is 10.1. The van der Waals surface area contributed by atoms with Crippen molar-refractivity contribution in [2.24, 2.45) is 0 Å². The van der Waals surface area contributed by atoms with Crippen molar-refractivity contribution in [2.45, 2.75) is 26.8 Å². The summed E-state index contributed by atoms with van der Waals surface area (Å²) in [5.74, 6) is -0.765. The summed E-state index contributed by atoms with van der Waals surface area (Å²) in [6, 6.07) is 14.9. The van der Waals surface area contributed by atoms with E-state index in [2.05, 4.69) is 27.9 Å². The SMILES string of the molecule is CCc1ccc(NC(=O)c2nnn(CC(=O)Nc3cccc(C)c3)c2N)cc1. The van der Waals surface area contributed by atoms with Crippen molar-refractivity contribution in [1.82, 2.24) is 15.0 Å². The molecule has 3 rings (SSSR count). The summed E-state index contributed by atoms with van der Waals surface area (Å²) in [6.07, 6.45) is 0.917. The summed E-state index contributed by atoms with van der Waals surface area (Å²) in [4.78, 5) is 24.6. The van der Waals surface area contributed by atoms with Gasteiger partial charge in [0.15, 0.2) is 11.5 Å². The Morgan fingerprint density at radius 3 is 2.50 bits per heavy atom. The van der Waals surface area contributed by atoms with Gasteiger partial charge >= 0.3 is 0 Å². The fourth-order valence-corrected chi connectivity index (χ4v) is 2.67. The highest BCUT2D eigenvalue weighted by molar-refractivity contribution is 6.05. The summed E-state index contributed by atoms with van der Waals surface area (Å²) < 4.78 is 1.19. The molecule has 0 atom stereocenters. The predicted molar refractivity (Wildman–Crippen MR) is 108 cm³/mol. The fourth-order valence-electron chi connectivity index (χ4n) is 2.67.